The summed E-state index contributed by atoms with van der Waals surface area (Å²) in [5.41, 5.74) is 1.45. The van der Waals surface area contributed by atoms with Gasteiger partial charge in [0, 0.05) is 15.6 Å². The first-order valence-electron chi connectivity index (χ1n) is 9.07. The molecule has 2 heterocycles. The summed E-state index contributed by atoms with van der Waals surface area (Å²) < 4.78 is 13.8. The monoisotopic (exact) mass is 471 g/mol. The molecule has 0 aliphatic heterocycles. The van der Waals surface area contributed by atoms with Crippen molar-refractivity contribution >= 4 is 38.3 Å². The first kappa shape index (κ1) is 19.6. The minimum Gasteiger partial charge on any atom is -0.496 e. The number of hydrogen-bond donors (Lipinski definition) is 0. The highest BCUT2D eigenvalue weighted by molar-refractivity contribution is 9.10. The Morgan fingerprint density at radius 2 is 2.00 bits per heavy atom. The van der Waals surface area contributed by atoms with Crippen LogP contribution < -0.4 is 19.6 Å². The van der Waals surface area contributed by atoms with Crippen LogP contribution in [0.25, 0.3) is 22.4 Å². The molecule has 0 aliphatic carbocycles. The van der Waals surface area contributed by atoms with Gasteiger partial charge in [-0.05, 0) is 55.0 Å². The third kappa shape index (κ3) is 4.04. The highest BCUT2D eigenvalue weighted by Crippen LogP contribution is 2.24. The van der Waals surface area contributed by atoms with E-state index in [1.807, 2.05) is 42.5 Å². The molecule has 29 heavy (non-hydrogen) atoms. The van der Waals surface area contributed by atoms with E-state index in [9.17, 15) is 4.79 Å². The Kier molecular flexibility index (Phi) is 5.64. The van der Waals surface area contributed by atoms with E-state index in [4.69, 9.17) is 9.47 Å². The van der Waals surface area contributed by atoms with E-state index in [1.54, 1.807) is 13.2 Å². The van der Waals surface area contributed by atoms with E-state index >= 15 is 0 Å². The Morgan fingerprint density at radius 3 is 2.69 bits per heavy atom. The van der Waals surface area contributed by atoms with E-state index in [-0.39, 0.29) is 5.56 Å². The number of benzene rings is 2. The number of methoxy groups -OCH3 is 1. The van der Waals surface area contributed by atoms with Gasteiger partial charge in [0.25, 0.3) is 5.56 Å². The smallest absolute Gasteiger partial charge is 0.291 e. The number of fused-ring (bicyclic) bond motifs is 1. The molecule has 0 N–H and O–H groups in total. The van der Waals surface area contributed by atoms with Crippen LogP contribution in [0.5, 0.6) is 11.5 Å². The molecule has 0 radical (unpaired) electrons. The largest absolute Gasteiger partial charge is 0.496 e. The minimum absolute atomic E-state index is 0.200. The molecule has 0 spiro atoms. The maximum Gasteiger partial charge on any atom is 0.291 e. The number of thiazole rings is 1. The van der Waals surface area contributed by atoms with Gasteiger partial charge in [0.1, 0.15) is 11.5 Å². The van der Waals surface area contributed by atoms with Crippen LogP contribution in [0.1, 0.15) is 18.9 Å². The molecule has 8 heteroatoms. The first-order chi connectivity index (χ1) is 14.1. The number of hydrogen-bond acceptors (Lipinski definition) is 6. The fourth-order valence-electron chi connectivity index (χ4n) is 2.84. The molecule has 148 valence electrons. The lowest BCUT2D eigenvalue weighted by atomic mass is 10.2. The number of halogens is 1. The second-order valence-corrected chi connectivity index (χ2v) is 8.23. The summed E-state index contributed by atoms with van der Waals surface area (Å²) in [6.07, 6.45) is 2.75. The standard InChI is InChI=1S/C21H18BrN3O3S/c1-3-10-28-16-7-4-13(5-8-16)19-23-21-25(24-19)20(26)18(29-21)12-14-11-15(22)6-9-17(14)27-2/h4-9,11-12H,3,10H2,1-2H3/b18-12-. The van der Waals surface area contributed by atoms with Gasteiger partial charge in [-0.3, -0.25) is 4.79 Å². The molecule has 0 saturated heterocycles. The summed E-state index contributed by atoms with van der Waals surface area (Å²) >= 11 is 4.75. The van der Waals surface area contributed by atoms with Crippen LogP contribution in [0.3, 0.4) is 0 Å². The highest BCUT2D eigenvalue weighted by Gasteiger charge is 2.13. The third-order valence-corrected chi connectivity index (χ3v) is 5.70. The number of rotatable bonds is 6. The number of aromatic nitrogens is 3. The average Bonchev–Trinajstić information content (AvgIpc) is 3.27. The second-order valence-electron chi connectivity index (χ2n) is 6.30. The zero-order valence-corrected chi connectivity index (χ0v) is 18.3. The van der Waals surface area contributed by atoms with Gasteiger partial charge in [-0.25, -0.2) is 0 Å². The summed E-state index contributed by atoms with van der Waals surface area (Å²) in [7, 11) is 1.60. The Labute approximate surface area is 179 Å². The summed E-state index contributed by atoms with van der Waals surface area (Å²) in [6.45, 7) is 2.74. The fourth-order valence-corrected chi connectivity index (χ4v) is 4.11. The quantitative estimate of drug-likeness (QED) is 0.426. The predicted octanol–water partition coefficient (Wildman–Crippen LogP) is 3.93. The summed E-state index contributed by atoms with van der Waals surface area (Å²) in [4.78, 5) is 17.9. The van der Waals surface area contributed by atoms with Gasteiger partial charge in [-0.2, -0.15) is 9.50 Å². The van der Waals surface area contributed by atoms with Gasteiger partial charge in [0.05, 0.1) is 18.2 Å². The number of nitrogens with zero attached hydrogens (tertiary/aromatic N) is 3. The van der Waals surface area contributed by atoms with Gasteiger partial charge in [-0.15, -0.1) is 5.10 Å². The molecular weight excluding hydrogens is 454 g/mol. The first-order valence-corrected chi connectivity index (χ1v) is 10.7. The molecule has 6 nitrogen and oxygen atoms in total. The second kappa shape index (κ2) is 8.34. The average molecular weight is 472 g/mol. The van der Waals surface area contributed by atoms with E-state index in [1.165, 1.54) is 15.9 Å². The minimum atomic E-state index is -0.200. The van der Waals surface area contributed by atoms with Gasteiger partial charge < -0.3 is 9.47 Å². The lowest BCUT2D eigenvalue weighted by molar-refractivity contribution is 0.317. The molecule has 0 unspecified atom stereocenters. The Morgan fingerprint density at radius 1 is 1.21 bits per heavy atom. The van der Waals surface area contributed by atoms with Crippen LogP contribution in [-0.2, 0) is 0 Å². The van der Waals surface area contributed by atoms with Gasteiger partial charge in [0.15, 0.2) is 5.82 Å². The molecule has 0 atom stereocenters. The van der Waals surface area contributed by atoms with Crippen molar-refractivity contribution in [2.75, 3.05) is 13.7 Å². The Balaban J connectivity index is 1.70. The van der Waals surface area contributed by atoms with Crippen LogP contribution >= 0.6 is 27.3 Å². The maximum atomic E-state index is 12.8. The predicted molar refractivity (Wildman–Crippen MR) is 118 cm³/mol. The molecule has 4 aromatic rings. The van der Waals surface area contributed by atoms with Crippen LogP contribution in [0, 0.1) is 0 Å². The lowest BCUT2D eigenvalue weighted by Crippen LogP contribution is -2.23. The SMILES string of the molecule is CCCOc1ccc(-c2nc3s/c(=C\c4cc(Br)ccc4OC)c(=O)n3n2)cc1. The van der Waals surface area contributed by atoms with Crippen molar-refractivity contribution in [3.63, 3.8) is 0 Å². The van der Waals surface area contributed by atoms with Crippen molar-refractivity contribution in [2.45, 2.75) is 13.3 Å². The van der Waals surface area contributed by atoms with Gasteiger partial charge >= 0.3 is 0 Å². The van der Waals surface area contributed by atoms with Crippen molar-refractivity contribution < 1.29 is 9.47 Å². The van der Waals surface area contributed by atoms with Crippen LogP contribution in [-0.4, -0.2) is 28.3 Å². The molecule has 0 amide bonds. The fraction of sp³-hybridized carbons (Fsp3) is 0.190. The lowest BCUT2D eigenvalue weighted by Gasteiger charge is -2.04. The summed E-state index contributed by atoms with van der Waals surface area (Å²) in [5, 5.41) is 4.40. The molecular formula is C21H18BrN3O3S. The molecule has 0 aliphatic rings. The topological polar surface area (TPSA) is 65.7 Å². The normalized spacial score (nSPS) is 11.9. The molecule has 4 rings (SSSR count). The van der Waals surface area contributed by atoms with Gasteiger partial charge in [0.2, 0.25) is 4.96 Å². The zero-order valence-electron chi connectivity index (χ0n) is 15.9. The third-order valence-electron chi connectivity index (χ3n) is 4.25. The van der Waals surface area contributed by atoms with Crippen molar-refractivity contribution in [2.24, 2.45) is 0 Å². The maximum absolute atomic E-state index is 12.8. The van der Waals surface area contributed by atoms with Gasteiger partial charge in [-0.1, -0.05) is 34.2 Å². The molecule has 2 aromatic heterocycles. The van der Waals surface area contributed by atoms with Crippen LogP contribution in [0.4, 0.5) is 0 Å². The van der Waals surface area contributed by atoms with E-state index < -0.39 is 0 Å². The molecule has 2 aromatic carbocycles. The molecule has 0 fully saturated rings. The Hall–Kier alpha value is -2.71. The summed E-state index contributed by atoms with van der Waals surface area (Å²) in [6, 6.07) is 13.2. The zero-order chi connectivity index (χ0) is 20.4. The van der Waals surface area contributed by atoms with E-state index in [0.717, 1.165) is 27.8 Å². The van der Waals surface area contributed by atoms with Crippen LogP contribution in [0.2, 0.25) is 0 Å². The van der Waals surface area contributed by atoms with Crippen molar-refractivity contribution in [1.29, 1.82) is 0 Å². The van der Waals surface area contributed by atoms with E-state index in [2.05, 4.69) is 32.9 Å². The van der Waals surface area contributed by atoms with E-state index in [0.29, 0.717) is 27.7 Å². The summed E-state index contributed by atoms with van der Waals surface area (Å²) in [5.74, 6) is 2.01. The van der Waals surface area contributed by atoms with Crippen molar-refractivity contribution in [3.05, 3.63) is 67.4 Å². The van der Waals surface area contributed by atoms with Crippen molar-refractivity contribution in [1.82, 2.24) is 14.6 Å². The molecule has 0 bridgehead atoms. The van der Waals surface area contributed by atoms with Crippen LogP contribution in [0.15, 0.2) is 51.7 Å². The van der Waals surface area contributed by atoms with Crippen molar-refractivity contribution in [3.8, 4) is 22.9 Å². The highest BCUT2D eigenvalue weighted by atomic mass is 79.9. The molecule has 0 saturated carbocycles. The number of ether oxygens (including phenoxy) is 2. The Bertz CT molecular complexity index is 1270.